The van der Waals surface area contributed by atoms with E-state index >= 15 is 0 Å². The molecule has 0 aliphatic rings. The number of rotatable bonds is 8. The van der Waals surface area contributed by atoms with E-state index < -0.39 is 0 Å². The Morgan fingerprint density at radius 2 is 1.14 bits per heavy atom. The SMILES string of the molecule is C=CC(=C)CCC=CCCC(=C)C=C. The normalized spacial score (nSPS) is 10.0. The van der Waals surface area contributed by atoms with Crippen LogP contribution in [-0.2, 0) is 0 Å². The van der Waals surface area contributed by atoms with Gasteiger partial charge in [-0.15, -0.1) is 0 Å². The summed E-state index contributed by atoms with van der Waals surface area (Å²) >= 11 is 0. The fraction of sp³-hybridized carbons (Fsp3) is 0.286. The summed E-state index contributed by atoms with van der Waals surface area (Å²) in [5.74, 6) is 0. The zero-order valence-electron chi connectivity index (χ0n) is 8.97. The lowest BCUT2D eigenvalue weighted by molar-refractivity contribution is 0.971. The van der Waals surface area contributed by atoms with Crippen LogP contribution in [0.2, 0.25) is 0 Å². The highest BCUT2D eigenvalue weighted by Gasteiger charge is 1.86. The van der Waals surface area contributed by atoms with Crippen molar-refractivity contribution in [3.8, 4) is 0 Å². The molecular weight excluding hydrogens is 168 g/mol. The highest BCUT2D eigenvalue weighted by molar-refractivity contribution is 5.12. The van der Waals surface area contributed by atoms with E-state index in [2.05, 4.69) is 38.5 Å². The third-order valence-corrected chi connectivity index (χ3v) is 2.01. The van der Waals surface area contributed by atoms with E-state index in [1.165, 1.54) is 0 Å². The van der Waals surface area contributed by atoms with Crippen LogP contribution in [0.5, 0.6) is 0 Å². The molecule has 0 spiro atoms. The Morgan fingerprint density at radius 1 is 0.786 bits per heavy atom. The lowest BCUT2D eigenvalue weighted by atomic mass is 10.1. The van der Waals surface area contributed by atoms with Gasteiger partial charge in [-0.2, -0.15) is 0 Å². The average Bonchev–Trinajstić information content (AvgIpc) is 2.22. The highest BCUT2D eigenvalue weighted by atomic mass is 13.9. The van der Waals surface area contributed by atoms with E-state index in [4.69, 9.17) is 0 Å². The van der Waals surface area contributed by atoms with Crippen molar-refractivity contribution in [3.63, 3.8) is 0 Å². The summed E-state index contributed by atoms with van der Waals surface area (Å²) in [4.78, 5) is 0. The molecule has 76 valence electrons. The van der Waals surface area contributed by atoms with Crippen LogP contribution in [0, 0.1) is 0 Å². The Balaban J connectivity index is 3.45. The molecule has 0 aromatic carbocycles. The van der Waals surface area contributed by atoms with E-state index in [-0.39, 0.29) is 0 Å². The average molecular weight is 188 g/mol. The minimum Gasteiger partial charge on any atom is -0.0988 e. The van der Waals surface area contributed by atoms with Crippen LogP contribution in [0.15, 0.2) is 61.8 Å². The lowest BCUT2D eigenvalue weighted by Gasteiger charge is -1.95. The monoisotopic (exact) mass is 188 g/mol. The Kier molecular flexibility index (Phi) is 7.53. The predicted molar refractivity (Wildman–Crippen MR) is 66.3 cm³/mol. The van der Waals surface area contributed by atoms with E-state index in [0.29, 0.717) is 0 Å². The summed E-state index contributed by atoms with van der Waals surface area (Å²) in [6.07, 6.45) is 12.1. The molecule has 0 nitrogen and oxygen atoms in total. The quantitative estimate of drug-likeness (QED) is 0.386. The Labute approximate surface area is 88.0 Å². The van der Waals surface area contributed by atoms with Crippen LogP contribution < -0.4 is 0 Å². The summed E-state index contributed by atoms with van der Waals surface area (Å²) in [6.45, 7) is 15.0. The second kappa shape index (κ2) is 8.31. The molecule has 0 radical (unpaired) electrons. The molecule has 0 unspecified atom stereocenters. The topological polar surface area (TPSA) is 0 Å². The molecule has 0 heterocycles. The standard InChI is InChI=1S/C14H20/c1-5-13(3)11-9-7-8-10-12-14(4)6-2/h5-8H,1-4,9-12H2. The van der Waals surface area contributed by atoms with Gasteiger partial charge in [0.1, 0.15) is 0 Å². The Morgan fingerprint density at radius 3 is 1.43 bits per heavy atom. The summed E-state index contributed by atoms with van der Waals surface area (Å²) in [7, 11) is 0. The fourth-order valence-electron chi connectivity index (χ4n) is 0.977. The van der Waals surface area contributed by atoms with Gasteiger partial charge in [-0.05, 0) is 25.7 Å². The van der Waals surface area contributed by atoms with Crippen molar-refractivity contribution >= 4 is 0 Å². The summed E-state index contributed by atoms with van der Waals surface area (Å²) in [6, 6.07) is 0. The first-order valence-electron chi connectivity index (χ1n) is 4.96. The van der Waals surface area contributed by atoms with Crippen LogP contribution in [-0.4, -0.2) is 0 Å². The predicted octanol–water partition coefficient (Wildman–Crippen LogP) is 4.59. The van der Waals surface area contributed by atoms with Crippen molar-refractivity contribution < 1.29 is 0 Å². The van der Waals surface area contributed by atoms with Gasteiger partial charge in [0, 0.05) is 0 Å². The molecule has 0 N–H and O–H groups in total. The second-order valence-corrected chi connectivity index (χ2v) is 3.27. The molecule has 0 bridgehead atoms. The van der Waals surface area contributed by atoms with Gasteiger partial charge in [-0.3, -0.25) is 0 Å². The first-order valence-corrected chi connectivity index (χ1v) is 4.96. The molecule has 0 aliphatic heterocycles. The summed E-state index contributed by atoms with van der Waals surface area (Å²) in [5.41, 5.74) is 2.20. The maximum absolute atomic E-state index is 3.85. The van der Waals surface area contributed by atoms with Gasteiger partial charge in [0.2, 0.25) is 0 Å². The van der Waals surface area contributed by atoms with Crippen molar-refractivity contribution in [1.29, 1.82) is 0 Å². The number of hydrogen-bond acceptors (Lipinski definition) is 0. The molecule has 0 aromatic heterocycles. The molecule has 0 saturated carbocycles. The number of hydrogen-bond donors (Lipinski definition) is 0. The molecule has 0 atom stereocenters. The van der Waals surface area contributed by atoms with Crippen LogP contribution >= 0.6 is 0 Å². The van der Waals surface area contributed by atoms with Gasteiger partial charge in [0.05, 0.1) is 0 Å². The molecule has 0 aliphatic carbocycles. The second-order valence-electron chi connectivity index (χ2n) is 3.27. The van der Waals surface area contributed by atoms with Crippen molar-refractivity contribution in [3.05, 3.63) is 61.8 Å². The van der Waals surface area contributed by atoms with Crippen molar-refractivity contribution in [2.24, 2.45) is 0 Å². The molecule has 0 rings (SSSR count). The molecule has 0 heteroatoms. The molecule has 14 heavy (non-hydrogen) atoms. The van der Waals surface area contributed by atoms with Gasteiger partial charge >= 0.3 is 0 Å². The highest BCUT2D eigenvalue weighted by Crippen LogP contribution is 2.06. The molecule has 0 saturated heterocycles. The van der Waals surface area contributed by atoms with E-state index in [0.717, 1.165) is 36.8 Å². The fourth-order valence-corrected chi connectivity index (χ4v) is 0.977. The van der Waals surface area contributed by atoms with Crippen molar-refractivity contribution in [1.82, 2.24) is 0 Å². The largest absolute Gasteiger partial charge is 0.0988 e. The third-order valence-electron chi connectivity index (χ3n) is 2.01. The first kappa shape index (κ1) is 12.7. The maximum atomic E-state index is 3.85. The first-order chi connectivity index (χ1) is 6.70. The minimum atomic E-state index is 1.00. The van der Waals surface area contributed by atoms with E-state index in [1.807, 2.05) is 12.2 Å². The zero-order chi connectivity index (χ0) is 10.8. The maximum Gasteiger partial charge on any atom is -0.0250 e. The lowest BCUT2D eigenvalue weighted by Crippen LogP contribution is -1.75. The third kappa shape index (κ3) is 7.35. The Hall–Kier alpha value is -1.30. The zero-order valence-corrected chi connectivity index (χ0v) is 8.97. The van der Waals surface area contributed by atoms with Crippen molar-refractivity contribution in [2.75, 3.05) is 0 Å². The van der Waals surface area contributed by atoms with Gasteiger partial charge < -0.3 is 0 Å². The Bertz CT molecular complexity index is 215. The van der Waals surface area contributed by atoms with Gasteiger partial charge in [0.25, 0.3) is 0 Å². The van der Waals surface area contributed by atoms with Gasteiger partial charge in [-0.25, -0.2) is 0 Å². The molecule has 0 amide bonds. The molecule has 0 fully saturated rings. The van der Waals surface area contributed by atoms with E-state index in [9.17, 15) is 0 Å². The smallest absolute Gasteiger partial charge is 0.0250 e. The van der Waals surface area contributed by atoms with Gasteiger partial charge in [-0.1, -0.05) is 61.8 Å². The number of allylic oxidation sites excluding steroid dienone is 6. The van der Waals surface area contributed by atoms with Crippen LogP contribution in [0.4, 0.5) is 0 Å². The van der Waals surface area contributed by atoms with Crippen LogP contribution in [0.1, 0.15) is 25.7 Å². The summed E-state index contributed by atoms with van der Waals surface area (Å²) < 4.78 is 0. The van der Waals surface area contributed by atoms with Crippen LogP contribution in [0.25, 0.3) is 0 Å². The molecule has 0 aromatic rings. The van der Waals surface area contributed by atoms with Crippen molar-refractivity contribution in [2.45, 2.75) is 25.7 Å². The summed E-state index contributed by atoms with van der Waals surface area (Å²) in [5, 5.41) is 0. The van der Waals surface area contributed by atoms with Gasteiger partial charge in [0.15, 0.2) is 0 Å². The molecular formula is C14H20. The minimum absolute atomic E-state index is 1.00. The van der Waals surface area contributed by atoms with Crippen LogP contribution in [0.3, 0.4) is 0 Å². The van der Waals surface area contributed by atoms with E-state index in [1.54, 1.807) is 0 Å².